The smallest absolute Gasteiger partial charge is 0.0856 e. The second-order valence-electron chi connectivity index (χ2n) is 1.73. The van der Waals surface area contributed by atoms with Gasteiger partial charge in [-0.1, -0.05) is 24.8 Å². The highest BCUT2D eigenvalue weighted by Gasteiger charge is 1.80. The van der Waals surface area contributed by atoms with Crippen LogP contribution in [-0.2, 0) is 0 Å². The van der Waals surface area contributed by atoms with E-state index in [9.17, 15) is 0 Å². The van der Waals surface area contributed by atoms with Crippen molar-refractivity contribution in [3.63, 3.8) is 0 Å². The van der Waals surface area contributed by atoms with E-state index in [4.69, 9.17) is 0 Å². The highest BCUT2D eigenvalue weighted by Crippen LogP contribution is 2.09. The summed E-state index contributed by atoms with van der Waals surface area (Å²) in [5, 5.41) is 7.46. The predicted octanol–water partition coefficient (Wildman–Crippen LogP) is 2.91. The molecular weight excluding hydrogens is 124 g/mol. The number of hydrogen-bond donors (Lipinski definition) is 0. The van der Waals surface area contributed by atoms with Gasteiger partial charge in [-0.3, -0.25) is 0 Å². The molecule has 1 aromatic rings. The van der Waals surface area contributed by atoms with Crippen LogP contribution in [0.1, 0.15) is 0 Å². The van der Waals surface area contributed by atoms with Gasteiger partial charge in [0.2, 0.25) is 0 Å². The second kappa shape index (κ2) is 3.56. The van der Waals surface area contributed by atoms with Gasteiger partial charge in [0.25, 0.3) is 0 Å². The van der Waals surface area contributed by atoms with Gasteiger partial charge in [-0.15, -0.1) is 0 Å². The quantitative estimate of drug-likeness (QED) is 0.553. The summed E-state index contributed by atoms with van der Waals surface area (Å²) in [6.45, 7) is 3.42. The van der Waals surface area contributed by atoms with Gasteiger partial charge in [0.15, 0.2) is 0 Å². The molecule has 0 heterocycles. The molecule has 2 nitrogen and oxygen atoms in total. The minimum Gasteiger partial charge on any atom is -0.159 e. The van der Waals surface area contributed by atoms with Crippen LogP contribution in [0.2, 0.25) is 0 Å². The standard InChI is InChI=1S/C8H8N2/c1-2-9-10-8-6-4-3-5-7-8/h2-7H,1H2. The summed E-state index contributed by atoms with van der Waals surface area (Å²) < 4.78 is 0. The predicted molar refractivity (Wildman–Crippen MR) is 41.2 cm³/mol. The second-order valence-corrected chi connectivity index (χ2v) is 1.73. The fourth-order valence-corrected chi connectivity index (χ4v) is 0.602. The van der Waals surface area contributed by atoms with E-state index in [1.165, 1.54) is 6.20 Å². The Kier molecular flexibility index (Phi) is 2.38. The van der Waals surface area contributed by atoms with E-state index in [1.54, 1.807) is 0 Å². The van der Waals surface area contributed by atoms with E-state index in [0.717, 1.165) is 5.69 Å². The summed E-state index contributed by atoms with van der Waals surface area (Å²) >= 11 is 0. The van der Waals surface area contributed by atoms with Crippen LogP contribution in [0.4, 0.5) is 5.69 Å². The van der Waals surface area contributed by atoms with Crippen molar-refractivity contribution in [2.75, 3.05) is 0 Å². The van der Waals surface area contributed by atoms with Crippen LogP contribution in [0, 0.1) is 0 Å². The zero-order valence-corrected chi connectivity index (χ0v) is 5.57. The molecule has 0 aromatic heterocycles. The summed E-state index contributed by atoms with van der Waals surface area (Å²) in [5.74, 6) is 0. The maximum Gasteiger partial charge on any atom is 0.0856 e. The summed E-state index contributed by atoms with van der Waals surface area (Å²) in [6.07, 6.45) is 1.41. The Hall–Kier alpha value is -1.44. The van der Waals surface area contributed by atoms with Gasteiger partial charge in [-0.2, -0.15) is 10.2 Å². The maximum atomic E-state index is 3.83. The van der Waals surface area contributed by atoms with E-state index in [0.29, 0.717) is 0 Å². The molecule has 0 N–H and O–H groups in total. The van der Waals surface area contributed by atoms with Gasteiger partial charge < -0.3 is 0 Å². The lowest BCUT2D eigenvalue weighted by atomic mass is 10.3. The van der Waals surface area contributed by atoms with Crippen LogP contribution in [0.5, 0.6) is 0 Å². The highest BCUT2D eigenvalue weighted by atomic mass is 15.1. The summed E-state index contributed by atoms with van der Waals surface area (Å²) in [6, 6.07) is 9.53. The molecule has 10 heavy (non-hydrogen) atoms. The first-order valence-corrected chi connectivity index (χ1v) is 3.00. The van der Waals surface area contributed by atoms with Crippen molar-refractivity contribution >= 4 is 5.69 Å². The van der Waals surface area contributed by atoms with Crippen LogP contribution in [0.15, 0.2) is 53.3 Å². The first-order valence-electron chi connectivity index (χ1n) is 3.00. The number of nitrogens with zero attached hydrogens (tertiary/aromatic N) is 2. The van der Waals surface area contributed by atoms with E-state index >= 15 is 0 Å². The topological polar surface area (TPSA) is 24.7 Å². The lowest BCUT2D eigenvalue weighted by Crippen LogP contribution is -1.58. The van der Waals surface area contributed by atoms with Gasteiger partial charge in [0.05, 0.1) is 5.69 Å². The highest BCUT2D eigenvalue weighted by molar-refractivity contribution is 5.34. The van der Waals surface area contributed by atoms with E-state index < -0.39 is 0 Å². The van der Waals surface area contributed by atoms with E-state index in [2.05, 4.69) is 16.8 Å². The average molecular weight is 132 g/mol. The zero-order valence-electron chi connectivity index (χ0n) is 5.57. The van der Waals surface area contributed by atoms with Crippen molar-refractivity contribution in [2.45, 2.75) is 0 Å². The molecule has 0 saturated carbocycles. The van der Waals surface area contributed by atoms with Crippen LogP contribution in [0.25, 0.3) is 0 Å². The van der Waals surface area contributed by atoms with Crippen molar-refractivity contribution in [3.8, 4) is 0 Å². The first kappa shape index (κ1) is 6.68. The molecule has 0 fully saturated rings. The largest absolute Gasteiger partial charge is 0.159 e. The molecule has 2 heteroatoms. The van der Waals surface area contributed by atoms with Crippen molar-refractivity contribution in [1.29, 1.82) is 0 Å². The van der Waals surface area contributed by atoms with Gasteiger partial charge in [0, 0.05) is 6.20 Å². The lowest BCUT2D eigenvalue weighted by Gasteiger charge is -1.85. The average Bonchev–Trinajstić information content (AvgIpc) is 2.03. The Morgan fingerprint density at radius 2 is 1.90 bits per heavy atom. The molecule has 1 rings (SSSR count). The van der Waals surface area contributed by atoms with E-state index in [1.807, 2.05) is 30.3 Å². The number of hydrogen-bond acceptors (Lipinski definition) is 2. The fourth-order valence-electron chi connectivity index (χ4n) is 0.602. The van der Waals surface area contributed by atoms with Crippen LogP contribution >= 0.6 is 0 Å². The van der Waals surface area contributed by atoms with Crippen molar-refractivity contribution in [3.05, 3.63) is 43.1 Å². The molecule has 0 atom stereocenters. The molecule has 0 aliphatic carbocycles. The summed E-state index contributed by atoms with van der Waals surface area (Å²) in [4.78, 5) is 0. The third-order valence-corrected chi connectivity index (χ3v) is 1.01. The van der Waals surface area contributed by atoms with E-state index in [-0.39, 0.29) is 0 Å². The molecule has 0 aliphatic heterocycles. The minimum absolute atomic E-state index is 0.849. The Bertz CT molecular complexity index is 226. The van der Waals surface area contributed by atoms with Crippen molar-refractivity contribution in [1.82, 2.24) is 0 Å². The lowest BCUT2D eigenvalue weighted by molar-refractivity contribution is 1.23. The fraction of sp³-hybridized carbons (Fsp3) is 0. The molecule has 50 valence electrons. The molecule has 0 spiro atoms. The number of benzene rings is 1. The Morgan fingerprint density at radius 3 is 2.50 bits per heavy atom. The molecule has 1 aromatic carbocycles. The molecule has 0 aliphatic rings. The monoisotopic (exact) mass is 132 g/mol. The van der Waals surface area contributed by atoms with Gasteiger partial charge in [-0.25, -0.2) is 0 Å². The summed E-state index contributed by atoms with van der Waals surface area (Å²) in [5.41, 5.74) is 0.849. The third-order valence-electron chi connectivity index (χ3n) is 1.01. The van der Waals surface area contributed by atoms with Crippen LogP contribution in [0.3, 0.4) is 0 Å². The van der Waals surface area contributed by atoms with Gasteiger partial charge in [0.1, 0.15) is 0 Å². The molecule has 0 amide bonds. The van der Waals surface area contributed by atoms with Gasteiger partial charge >= 0.3 is 0 Å². The molecular formula is C8H8N2. The first-order chi connectivity index (χ1) is 4.93. The van der Waals surface area contributed by atoms with Crippen molar-refractivity contribution in [2.24, 2.45) is 10.2 Å². The molecule has 0 bridgehead atoms. The third kappa shape index (κ3) is 1.82. The number of rotatable bonds is 2. The maximum absolute atomic E-state index is 3.83. The Labute approximate surface area is 59.9 Å². The molecule has 0 saturated heterocycles. The Balaban J connectivity index is 2.76. The Morgan fingerprint density at radius 1 is 1.20 bits per heavy atom. The molecule has 0 radical (unpaired) electrons. The zero-order chi connectivity index (χ0) is 7.23. The van der Waals surface area contributed by atoms with Crippen molar-refractivity contribution < 1.29 is 0 Å². The number of azo groups is 1. The van der Waals surface area contributed by atoms with Crippen LogP contribution < -0.4 is 0 Å². The summed E-state index contributed by atoms with van der Waals surface area (Å²) in [7, 11) is 0. The molecule has 0 unspecified atom stereocenters. The van der Waals surface area contributed by atoms with Crippen LogP contribution in [-0.4, -0.2) is 0 Å². The normalized spacial score (nSPS) is 10.0. The SMILES string of the molecule is C=CN=Nc1ccccc1. The van der Waals surface area contributed by atoms with Gasteiger partial charge in [-0.05, 0) is 12.1 Å². The minimum atomic E-state index is 0.849.